The van der Waals surface area contributed by atoms with Gasteiger partial charge in [0, 0.05) is 32.6 Å². The van der Waals surface area contributed by atoms with Crippen LogP contribution in [0.2, 0.25) is 0 Å². The molecular weight excluding hydrogens is 150 g/mol. The molecule has 1 aliphatic heterocycles. The number of rotatable bonds is 2. The normalized spacial score (nSPS) is 22.1. The molecule has 11 heavy (non-hydrogen) atoms. The third kappa shape index (κ3) is 2.10. The number of piperazine rings is 1. The quantitative estimate of drug-likeness (QED) is 0.610. The molecule has 0 aromatic rings. The average molecular weight is 164 g/mol. The van der Waals surface area contributed by atoms with Crippen LogP contribution in [0.4, 0.5) is 8.78 Å². The van der Waals surface area contributed by atoms with E-state index < -0.39 is 6.05 Å². The lowest BCUT2D eigenvalue weighted by Gasteiger charge is -2.33. The van der Waals surface area contributed by atoms with Crippen LogP contribution in [0.3, 0.4) is 0 Å². The highest BCUT2D eigenvalue weighted by atomic mass is 19.3. The van der Waals surface area contributed by atoms with Crippen molar-refractivity contribution in [2.45, 2.75) is 19.4 Å². The first-order chi connectivity index (χ1) is 5.17. The van der Waals surface area contributed by atoms with Crippen molar-refractivity contribution < 1.29 is 8.78 Å². The monoisotopic (exact) mass is 164 g/mol. The molecule has 0 aromatic heterocycles. The Hall–Kier alpha value is -0.220. The van der Waals surface area contributed by atoms with E-state index in [-0.39, 0.29) is 6.42 Å². The fourth-order valence-electron chi connectivity index (χ4n) is 1.22. The zero-order chi connectivity index (χ0) is 8.32. The van der Waals surface area contributed by atoms with Crippen molar-refractivity contribution in [1.29, 1.82) is 0 Å². The highest BCUT2D eigenvalue weighted by molar-refractivity contribution is 4.74. The number of nitrogens with zero attached hydrogens (tertiary/aromatic N) is 1. The molecule has 1 heterocycles. The van der Waals surface area contributed by atoms with E-state index in [0.717, 1.165) is 0 Å². The van der Waals surface area contributed by atoms with Crippen molar-refractivity contribution in [3.63, 3.8) is 0 Å². The van der Waals surface area contributed by atoms with Gasteiger partial charge in [-0.15, -0.1) is 0 Å². The van der Waals surface area contributed by atoms with E-state index in [2.05, 4.69) is 5.32 Å². The Morgan fingerprint density at radius 2 is 1.91 bits per heavy atom. The van der Waals surface area contributed by atoms with E-state index in [4.69, 9.17) is 0 Å². The predicted molar refractivity (Wildman–Crippen MR) is 39.7 cm³/mol. The van der Waals surface area contributed by atoms with Crippen molar-refractivity contribution in [2.75, 3.05) is 26.2 Å². The van der Waals surface area contributed by atoms with Gasteiger partial charge in [0.25, 0.3) is 0 Å². The van der Waals surface area contributed by atoms with Crippen LogP contribution >= 0.6 is 0 Å². The van der Waals surface area contributed by atoms with Gasteiger partial charge in [-0.05, 0) is 0 Å². The lowest BCUT2D eigenvalue weighted by molar-refractivity contribution is -0.151. The second-order valence-corrected chi connectivity index (χ2v) is 2.76. The van der Waals surface area contributed by atoms with Gasteiger partial charge in [-0.3, -0.25) is 0 Å². The van der Waals surface area contributed by atoms with E-state index in [1.54, 1.807) is 0 Å². The number of alkyl halides is 2. The molecule has 1 rings (SSSR count). The van der Waals surface area contributed by atoms with Crippen LogP contribution in [0.25, 0.3) is 0 Å². The Balaban J connectivity index is 2.43. The fourth-order valence-corrected chi connectivity index (χ4v) is 1.22. The van der Waals surface area contributed by atoms with E-state index in [1.165, 1.54) is 11.8 Å². The minimum atomic E-state index is -2.60. The molecule has 1 saturated heterocycles. The number of halogens is 2. The minimum absolute atomic E-state index is 0.0903. The molecule has 0 aliphatic carbocycles. The molecule has 0 radical (unpaired) electrons. The van der Waals surface area contributed by atoms with Gasteiger partial charge in [-0.25, -0.2) is 4.90 Å². The van der Waals surface area contributed by atoms with Crippen LogP contribution in [-0.2, 0) is 0 Å². The van der Waals surface area contributed by atoms with Crippen molar-refractivity contribution in [1.82, 2.24) is 10.2 Å². The second kappa shape index (κ2) is 3.45. The molecule has 0 aromatic carbocycles. The first-order valence-corrected chi connectivity index (χ1v) is 4.00. The molecule has 0 unspecified atom stereocenters. The second-order valence-electron chi connectivity index (χ2n) is 2.76. The molecule has 0 bridgehead atoms. The summed E-state index contributed by atoms with van der Waals surface area (Å²) in [6, 6.07) is -2.60. The molecule has 4 heteroatoms. The largest absolute Gasteiger partial charge is 0.314 e. The van der Waals surface area contributed by atoms with Crippen LogP contribution in [0, 0.1) is 0 Å². The summed E-state index contributed by atoms with van der Waals surface area (Å²) in [5, 5.41) is 3.04. The van der Waals surface area contributed by atoms with Gasteiger partial charge < -0.3 is 5.32 Å². The zero-order valence-corrected chi connectivity index (χ0v) is 6.74. The summed E-state index contributed by atoms with van der Waals surface area (Å²) in [5.41, 5.74) is 0. The summed E-state index contributed by atoms with van der Waals surface area (Å²) in [5.74, 6) is 0. The molecule has 2 nitrogen and oxygen atoms in total. The molecule has 0 amide bonds. The molecule has 1 N–H and O–H groups in total. The van der Waals surface area contributed by atoms with Gasteiger partial charge in [0.05, 0.1) is 0 Å². The van der Waals surface area contributed by atoms with Crippen LogP contribution in [0.5, 0.6) is 0 Å². The van der Waals surface area contributed by atoms with E-state index in [1.807, 2.05) is 0 Å². The van der Waals surface area contributed by atoms with E-state index in [9.17, 15) is 8.78 Å². The molecule has 0 saturated carbocycles. The molecule has 66 valence electrons. The van der Waals surface area contributed by atoms with Gasteiger partial charge >= 0.3 is 6.05 Å². The highest BCUT2D eigenvalue weighted by Crippen LogP contribution is 2.23. The van der Waals surface area contributed by atoms with E-state index >= 15 is 0 Å². The summed E-state index contributed by atoms with van der Waals surface area (Å²) in [7, 11) is 0. The van der Waals surface area contributed by atoms with Gasteiger partial charge in [0.15, 0.2) is 0 Å². The molecule has 0 spiro atoms. The molecule has 0 atom stereocenters. The van der Waals surface area contributed by atoms with Crippen LogP contribution in [0.1, 0.15) is 13.3 Å². The van der Waals surface area contributed by atoms with Crippen molar-refractivity contribution in [3.05, 3.63) is 0 Å². The molecule has 1 fully saturated rings. The zero-order valence-electron chi connectivity index (χ0n) is 6.74. The summed E-state index contributed by atoms with van der Waals surface area (Å²) < 4.78 is 25.9. The Morgan fingerprint density at radius 3 is 2.36 bits per heavy atom. The Bertz CT molecular complexity index is 122. The van der Waals surface area contributed by atoms with Gasteiger partial charge in [0.1, 0.15) is 0 Å². The van der Waals surface area contributed by atoms with Crippen molar-refractivity contribution in [2.24, 2.45) is 0 Å². The maximum Gasteiger partial charge on any atom is 0.304 e. The Kier molecular flexibility index (Phi) is 2.78. The third-order valence-electron chi connectivity index (χ3n) is 2.01. The maximum atomic E-state index is 12.9. The first kappa shape index (κ1) is 8.87. The average Bonchev–Trinajstić information content (AvgIpc) is 2.06. The molecular formula is C7H14F2N2. The van der Waals surface area contributed by atoms with Crippen LogP contribution in [-0.4, -0.2) is 37.1 Å². The van der Waals surface area contributed by atoms with Crippen molar-refractivity contribution >= 4 is 0 Å². The Labute approximate surface area is 65.6 Å². The van der Waals surface area contributed by atoms with Crippen LogP contribution < -0.4 is 5.32 Å². The maximum absolute atomic E-state index is 12.9. The minimum Gasteiger partial charge on any atom is -0.314 e. The fraction of sp³-hybridized carbons (Fsp3) is 1.00. The first-order valence-electron chi connectivity index (χ1n) is 4.00. The van der Waals surface area contributed by atoms with Crippen LogP contribution in [0.15, 0.2) is 0 Å². The van der Waals surface area contributed by atoms with Gasteiger partial charge in [0.2, 0.25) is 0 Å². The Morgan fingerprint density at radius 1 is 1.36 bits per heavy atom. The summed E-state index contributed by atoms with van der Waals surface area (Å²) >= 11 is 0. The smallest absolute Gasteiger partial charge is 0.304 e. The van der Waals surface area contributed by atoms with Crippen molar-refractivity contribution in [3.8, 4) is 0 Å². The summed E-state index contributed by atoms with van der Waals surface area (Å²) in [6.45, 7) is 3.79. The number of hydrogen-bond donors (Lipinski definition) is 1. The molecule has 1 aliphatic rings. The number of nitrogens with one attached hydrogen (secondary N) is 1. The SMILES string of the molecule is CCC(F)(F)N1CCNCC1. The topological polar surface area (TPSA) is 15.3 Å². The van der Waals surface area contributed by atoms with Gasteiger partial charge in [-0.2, -0.15) is 8.78 Å². The lowest BCUT2D eigenvalue weighted by Crippen LogP contribution is -2.51. The van der Waals surface area contributed by atoms with E-state index in [0.29, 0.717) is 26.2 Å². The summed E-state index contributed by atoms with van der Waals surface area (Å²) in [6.07, 6.45) is -0.0903. The number of hydrogen-bond acceptors (Lipinski definition) is 2. The lowest BCUT2D eigenvalue weighted by atomic mass is 10.3. The standard InChI is InChI=1S/C7H14F2N2/c1-2-7(8,9)11-5-3-10-4-6-11/h10H,2-6H2,1H3. The van der Waals surface area contributed by atoms with Gasteiger partial charge in [-0.1, -0.05) is 6.92 Å². The third-order valence-corrected chi connectivity index (χ3v) is 2.01. The highest BCUT2D eigenvalue weighted by Gasteiger charge is 2.34. The predicted octanol–water partition coefficient (Wildman–Crippen LogP) is 0.894. The summed E-state index contributed by atoms with van der Waals surface area (Å²) in [4.78, 5) is 1.24.